The Hall–Kier alpha value is 0.1000. The minimum absolute atomic E-state index is 0.414. The maximum absolute atomic E-state index is 6.04. The van der Waals surface area contributed by atoms with Crippen LogP contribution in [0.15, 0.2) is 15.9 Å². The predicted molar refractivity (Wildman–Crippen MR) is 87.6 cm³/mol. The normalized spacial score (nSPS) is 23.2. The topological polar surface area (TPSA) is 29.3 Å². The van der Waals surface area contributed by atoms with Gasteiger partial charge in [-0.2, -0.15) is 0 Å². The van der Waals surface area contributed by atoms with Crippen LogP contribution >= 0.6 is 27.3 Å². The highest BCUT2D eigenvalue weighted by molar-refractivity contribution is 9.11. The fourth-order valence-electron chi connectivity index (χ4n) is 3.15. The van der Waals surface area contributed by atoms with Crippen LogP contribution in [0.4, 0.5) is 0 Å². The molecule has 0 aliphatic carbocycles. The first-order chi connectivity index (χ1) is 9.24. The van der Waals surface area contributed by atoms with Gasteiger partial charge >= 0.3 is 0 Å². The van der Waals surface area contributed by atoms with Gasteiger partial charge in [0.2, 0.25) is 0 Å². The molecule has 0 spiro atoms. The lowest BCUT2D eigenvalue weighted by molar-refractivity contribution is 0.209. The maximum Gasteiger partial charge on any atom is 0.0702 e. The van der Waals surface area contributed by atoms with Crippen molar-refractivity contribution >= 4 is 27.3 Å². The van der Waals surface area contributed by atoms with Gasteiger partial charge in [-0.05, 0) is 66.3 Å². The number of nitrogens with two attached hydrogens (primary N) is 1. The molecule has 1 aliphatic heterocycles. The molecule has 2 unspecified atom stereocenters. The fraction of sp³-hybridized carbons (Fsp3) is 0.733. The highest BCUT2D eigenvalue weighted by atomic mass is 79.9. The van der Waals surface area contributed by atoms with Crippen LogP contribution in [0.5, 0.6) is 0 Å². The van der Waals surface area contributed by atoms with Crippen molar-refractivity contribution in [2.24, 2.45) is 11.7 Å². The van der Waals surface area contributed by atoms with E-state index in [4.69, 9.17) is 5.73 Å². The van der Waals surface area contributed by atoms with Crippen LogP contribution in [0.2, 0.25) is 0 Å². The first kappa shape index (κ1) is 15.5. The summed E-state index contributed by atoms with van der Waals surface area (Å²) in [5.74, 6) is 0.934. The van der Waals surface area contributed by atoms with Crippen molar-refractivity contribution in [1.29, 1.82) is 0 Å². The zero-order valence-corrected chi connectivity index (χ0v) is 14.2. The number of hydrogen-bond acceptors (Lipinski definition) is 3. The third-order valence-corrected chi connectivity index (χ3v) is 5.89. The molecule has 0 bridgehead atoms. The summed E-state index contributed by atoms with van der Waals surface area (Å²) in [6.07, 6.45) is 6.79. The molecule has 1 aliphatic rings. The second-order valence-electron chi connectivity index (χ2n) is 5.51. The first-order valence-corrected chi connectivity index (χ1v) is 9.05. The van der Waals surface area contributed by atoms with Gasteiger partial charge in [0.1, 0.15) is 0 Å². The monoisotopic (exact) mass is 344 g/mol. The third-order valence-electron chi connectivity index (χ3n) is 4.17. The predicted octanol–water partition coefficient (Wildman–Crippen LogP) is 4.41. The Bertz CT molecular complexity index is 380. The second-order valence-corrected chi connectivity index (χ2v) is 8.01. The third kappa shape index (κ3) is 4.28. The standard InChI is InChI=1S/C15H25BrN2S/c1-2-4-12-5-3-9-18(10-8-12)13(11-17)14-6-7-15(16)19-14/h6-7,12-13H,2-5,8-11,17H2,1H3. The van der Waals surface area contributed by atoms with E-state index >= 15 is 0 Å². The molecule has 1 aromatic heterocycles. The summed E-state index contributed by atoms with van der Waals surface area (Å²) < 4.78 is 1.21. The van der Waals surface area contributed by atoms with Crippen LogP contribution in [0.25, 0.3) is 0 Å². The molecule has 0 amide bonds. The zero-order valence-electron chi connectivity index (χ0n) is 11.8. The molecule has 0 aromatic carbocycles. The lowest BCUT2D eigenvalue weighted by atomic mass is 9.96. The molecule has 2 heterocycles. The Kier molecular flexibility index (Phi) is 6.33. The molecular weight excluding hydrogens is 320 g/mol. The molecule has 1 aromatic rings. The van der Waals surface area contributed by atoms with Crippen molar-refractivity contribution in [3.05, 3.63) is 20.8 Å². The average Bonchev–Trinajstić information content (AvgIpc) is 2.69. The summed E-state index contributed by atoms with van der Waals surface area (Å²) in [5, 5.41) is 0. The van der Waals surface area contributed by atoms with Crippen LogP contribution in [-0.2, 0) is 0 Å². The lowest BCUT2D eigenvalue weighted by Gasteiger charge is -2.29. The van der Waals surface area contributed by atoms with Crippen LogP contribution in [0.1, 0.15) is 49.9 Å². The first-order valence-electron chi connectivity index (χ1n) is 7.44. The van der Waals surface area contributed by atoms with E-state index in [1.165, 1.54) is 53.9 Å². The number of rotatable bonds is 5. The summed E-state index contributed by atoms with van der Waals surface area (Å²) in [4.78, 5) is 4.01. The summed E-state index contributed by atoms with van der Waals surface area (Å²) >= 11 is 5.39. The van der Waals surface area contributed by atoms with E-state index in [1.807, 2.05) is 11.3 Å². The smallest absolute Gasteiger partial charge is 0.0702 e. The molecule has 1 saturated heterocycles. The van der Waals surface area contributed by atoms with Crippen molar-refractivity contribution in [3.63, 3.8) is 0 Å². The number of halogens is 1. The minimum Gasteiger partial charge on any atom is -0.329 e. The van der Waals surface area contributed by atoms with Crippen molar-refractivity contribution < 1.29 is 0 Å². The van der Waals surface area contributed by atoms with Gasteiger partial charge in [-0.15, -0.1) is 11.3 Å². The number of nitrogens with zero attached hydrogens (tertiary/aromatic N) is 1. The van der Waals surface area contributed by atoms with E-state index in [9.17, 15) is 0 Å². The van der Waals surface area contributed by atoms with E-state index < -0.39 is 0 Å². The average molecular weight is 345 g/mol. The van der Waals surface area contributed by atoms with E-state index in [-0.39, 0.29) is 0 Å². The van der Waals surface area contributed by atoms with E-state index in [1.54, 1.807) is 0 Å². The Morgan fingerprint density at radius 2 is 2.26 bits per heavy atom. The van der Waals surface area contributed by atoms with E-state index in [0.29, 0.717) is 6.04 Å². The van der Waals surface area contributed by atoms with Crippen LogP contribution in [-0.4, -0.2) is 24.5 Å². The van der Waals surface area contributed by atoms with Crippen molar-refractivity contribution in [2.75, 3.05) is 19.6 Å². The molecule has 2 rings (SSSR count). The number of thiophene rings is 1. The quantitative estimate of drug-likeness (QED) is 0.856. The van der Waals surface area contributed by atoms with Crippen LogP contribution < -0.4 is 5.73 Å². The Labute approximate surface area is 129 Å². The van der Waals surface area contributed by atoms with Crippen molar-refractivity contribution in [3.8, 4) is 0 Å². The van der Waals surface area contributed by atoms with Gasteiger partial charge in [0.15, 0.2) is 0 Å². The minimum atomic E-state index is 0.414. The molecule has 108 valence electrons. The molecule has 0 saturated carbocycles. The highest BCUT2D eigenvalue weighted by Crippen LogP contribution is 2.32. The Morgan fingerprint density at radius 1 is 1.42 bits per heavy atom. The summed E-state index contributed by atoms with van der Waals surface area (Å²) in [5.41, 5.74) is 6.04. The van der Waals surface area contributed by atoms with Gasteiger partial charge < -0.3 is 5.73 Å². The maximum atomic E-state index is 6.04. The summed E-state index contributed by atoms with van der Waals surface area (Å²) in [6, 6.07) is 4.78. The Morgan fingerprint density at radius 3 is 2.89 bits per heavy atom. The largest absolute Gasteiger partial charge is 0.329 e. The molecule has 2 atom stereocenters. The molecule has 1 fully saturated rings. The van der Waals surface area contributed by atoms with Gasteiger partial charge in [0.05, 0.1) is 9.83 Å². The lowest BCUT2D eigenvalue weighted by Crippen LogP contribution is -2.34. The van der Waals surface area contributed by atoms with Gasteiger partial charge in [-0.1, -0.05) is 19.8 Å². The molecular formula is C15H25BrN2S. The molecule has 2 nitrogen and oxygen atoms in total. The van der Waals surface area contributed by atoms with Gasteiger partial charge in [0.25, 0.3) is 0 Å². The van der Waals surface area contributed by atoms with E-state index in [0.717, 1.165) is 12.5 Å². The van der Waals surface area contributed by atoms with Gasteiger partial charge in [-0.3, -0.25) is 4.90 Å². The Balaban J connectivity index is 1.99. The van der Waals surface area contributed by atoms with Crippen LogP contribution in [0.3, 0.4) is 0 Å². The van der Waals surface area contributed by atoms with Gasteiger partial charge in [0, 0.05) is 11.4 Å². The SMILES string of the molecule is CCCC1CCCN(C(CN)c2ccc(Br)s2)CC1. The van der Waals surface area contributed by atoms with Crippen LogP contribution in [0, 0.1) is 5.92 Å². The molecule has 2 N–H and O–H groups in total. The number of likely N-dealkylation sites (tertiary alicyclic amines) is 1. The van der Waals surface area contributed by atoms with Gasteiger partial charge in [-0.25, -0.2) is 0 Å². The molecule has 4 heteroatoms. The summed E-state index contributed by atoms with van der Waals surface area (Å²) in [6.45, 7) is 5.44. The highest BCUT2D eigenvalue weighted by Gasteiger charge is 2.24. The second kappa shape index (κ2) is 7.77. The fourth-order valence-corrected chi connectivity index (χ4v) is 4.72. The zero-order chi connectivity index (χ0) is 13.7. The molecule has 19 heavy (non-hydrogen) atoms. The van der Waals surface area contributed by atoms with Crippen molar-refractivity contribution in [1.82, 2.24) is 4.90 Å². The summed E-state index contributed by atoms with van der Waals surface area (Å²) in [7, 11) is 0. The van der Waals surface area contributed by atoms with E-state index in [2.05, 4.69) is 39.9 Å². The number of hydrogen-bond donors (Lipinski definition) is 1. The van der Waals surface area contributed by atoms with Crippen molar-refractivity contribution in [2.45, 2.75) is 45.1 Å². The molecule has 0 radical (unpaired) electrons.